The number of aromatic nitrogens is 3. The predicted octanol–water partition coefficient (Wildman–Crippen LogP) is 2.89. The van der Waals surface area contributed by atoms with Crippen molar-refractivity contribution in [3.8, 4) is 5.69 Å². The number of hydrogen-bond acceptors (Lipinski definition) is 2. The van der Waals surface area contributed by atoms with Gasteiger partial charge in [0.05, 0.1) is 17.6 Å². The van der Waals surface area contributed by atoms with Crippen molar-refractivity contribution in [2.75, 3.05) is 5.88 Å². The summed E-state index contributed by atoms with van der Waals surface area (Å²) < 4.78 is 14.6. The van der Waals surface area contributed by atoms with Gasteiger partial charge in [0, 0.05) is 5.88 Å². The highest BCUT2D eigenvalue weighted by atomic mass is 35.5. The minimum Gasteiger partial charge on any atom is -0.220 e. The van der Waals surface area contributed by atoms with Crippen molar-refractivity contribution in [1.29, 1.82) is 0 Å². The Balaban J connectivity index is 2.24. The molecule has 2 aromatic rings. The zero-order chi connectivity index (χ0) is 12.3. The first-order chi connectivity index (χ1) is 8.20. The lowest BCUT2D eigenvalue weighted by Crippen LogP contribution is -1.98. The number of aryl methyl sites for hydroxylation is 2. The molecule has 17 heavy (non-hydrogen) atoms. The Morgan fingerprint density at radius 3 is 2.94 bits per heavy atom. The van der Waals surface area contributed by atoms with Gasteiger partial charge in [0.15, 0.2) is 0 Å². The fraction of sp³-hybridized carbons (Fsp3) is 0.333. The molecule has 0 radical (unpaired) electrons. The summed E-state index contributed by atoms with van der Waals surface area (Å²) in [7, 11) is 0. The van der Waals surface area contributed by atoms with Crippen molar-refractivity contribution in [2.45, 2.75) is 19.8 Å². The van der Waals surface area contributed by atoms with E-state index in [0.717, 1.165) is 29.8 Å². The van der Waals surface area contributed by atoms with Crippen molar-refractivity contribution in [3.63, 3.8) is 0 Å². The van der Waals surface area contributed by atoms with Crippen molar-refractivity contribution >= 4 is 11.6 Å². The highest BCUT2D eigenvalue weighted by Crippen LogP contribution is 2.14. The van der Waals surface area contributed by atoms with E-state index in [9.17, 15) is 4.39 Å². The highest BCUT2D eigenvalue weighted by molar-refractivity contribution is 6.17. The van der Waals surface area contributed by atoms with Crippen LogP contribution in [0.5, 0.6) is 0 Å². The molecule has 0 atom stereocenters. The van der Waals surface area contributed by atoms with Crippen LogP contribution in [0.3, 0.4) is 0 Å². The Morgan fingerprint density at radius 1 is 1.41 bits per heavy atom. The maximum atomic E-state index is 13.0. The third kappa shape index (κ3) is 2.82. The van der Waals surface area contributed by atoms with E-state index in [1.165, 1.54) is 12.1 Å². The van der Waals surface area contributed by atoms with Gasteiger partial charge in [0.2, 0.25) is 0 Å². The molecule has 0 fully saturated rings. The monoisotopic (exact) mass is 253 g/mol. The number of alkyl halides is 1. The molecule has 0 N–H and O–H groups in total. The maximum Gasteiger partial charge on any atom is 0.123 e. The lowest BCUT2D eigenvalue weighted by atomic mass is 10.2. The molecule has 1 heterocycles. The molecule has 0 spiro atoms. The Hall–Kier alpha value is -1.42. The predicted molar refractivity (Wildman–Crippen MR) is 65.1 cm³/mol. The molecule has 1 aromatic carbocycles. The first-order valence-electron chi connectivity index (χ1n) is 5.44. The number of rotatable bonds is 4. The summed E-state index contributed by atoms with van der Waals surface area (Å²) in [6.45, 7) is 1.85. The van der Waals surface area contributed by atoms with Crippen LogP contribution in [0.1, 0.15) is 17.7 Å². The minimum atomic E-state index is -0.242. The van der Waals surface area contributed by atoms with Crippen molar-refractivity contribution in [1.82, 2.24) is 15.0 Å². The smallest absolute Gasteiger partial charge is 0.123 e. The van der Waals surface area contributed by atoms with Gasteiger partial charge < -0.3 is 0 Å². The third-order valence-electron chi connectivity index (χ3n) is 2.51. The molecule has 0 aliphatic rings. The van der Waals surface area contributed by atoms with E-state index in [2.05, 4.69) is 10.3 Å². The van der Waals surface area contributed by atoms with E-state index in [1.54, 1.807) is 10.7 Å². The number of nitrogens with zero attached hydrogens (tertiary/aromatic N) is 3. The van der Waals surface area contributed by atoms with E-state index in [4.69, 9.17) is 11.6 Å². The molecule has 1 aromatic heterocycles. The number of halogens is 2. The average Bonchev–Trinajstić information content (AvgIpc) is 2.75. The SMILES string of the molecule is Cc1cc(F)ccc1-n1cc(CCCCl)nn1. The van der Waals surface area contributed by atoms with Crippen LogP contribution in [-0.4, -0.2) is 20.9 Å². The third-order valence-corrected chi connectivity index (χ3v) is 2.78. The van der Waals surface area contributed by atoms with Crippen LogP contribution in [0.2, 0.25) is 0 Å². The van der Waals surface area contributed by atoms with E-state index in [-0.39, 0.29) is 5.82 Å². The van der Waals surface area contributed by atoms with Crippen LogP contribution in [0, 0.1) is 12.7 Å². The van der Waals surface area contributed by atoms with Gasteiger partial charge in [0.1, 0.15) is 5.82 Å². The second-order valence-corrected chi connectivity index (χ2v) is 4.26. The second kappa shape index (κ2) is 5.27. The normalized spacial score (nSPS) is 10.8. The Morgan fingerprint density at radius 2 is 2.24 bits per heavy atom. The molecule has 0 saturated heterocycles. The van der Waals surface area contributed by atoms with E-state index < -0.39 is 0 Å². The standard InChI is InChI=1S/C12H13ClFN3/c1-9-7-10(14)4-5-12(9)17-8-11(15-16-17)3-2-6-13/h4-5,7-8H,2-3,6H2,1H3. The lowest BCUT2D eigenvalue weighted by Gasteiger charge is -2.03. The highest BCUT2D eigenvalue weighted by Gasteiger charge is 2.06. The molecule has 2 rings (SSSR count). The van der Waals surface area contributed by atoms with Crippen LogP contribution in [0.4, 0.5) is 4.39 Å². The summed E-state index contributed by atoms with van der Waals surface area (Å²) in [5.74, 6) is 0.372. The second-order valence-electron chi connectivity index (χ2n) is 3.88. The molecule has 5 heteroatoms. The number of benzene rings is 1. The first kappa shape index (κ1) is 12.0. The van der Waals surface area contributed by atoms with E-state index >= 15 is 0 Å². The molecule has 0 bridgehead atoms. The van der Waals surface area contributed by atoms with Gasteiger partial charge in [-0.2, -0.15) is 0 Å². The van der Waals surface area contributed by atoms with Gasteiger partial charge in [-0.1, -0.05) is 5.21 Å². The van der Waals surface area contributed by atoms with Gasteiger partial charge in [-0.05, 0) is 43.5 Å². The van der Waals surface area contributed by atoms with E-state index in [0.29, 0.717) is 5.88 Å². The van der Waals surface area contributed by atoms with Crippen molar-refractivity contribution < 1.29 is 4.39 Å². The molecule has 0 aliphatic heterocycles. The maximum absolute atomic E-state index is 13.0. The largest absolute Gasteiger partial charge is 0.220 e. The van der Waals surface area contributed by atoms with Crippen molar-refractivity contribution in [2.24, 2.45) is 0 Å². The van der Waals surface area contributed by atoms with E-state index in [1.807, 2.05) is 13.1 Å². The van der Waals surface area contributed by atoms with Gasteiger partial charge in [-0.15, -0.1) is 16.7 Å². The van der Waals surface area contributed by atoms with Gasteiger partial charge in [-0.25, -0.2) is 9.07 Å². The summed E-state index contributed by atoms with van der Waals surface area (Å²) in [6, 6.07) is 4.60. The zero-order valence-corrected chi connectivity index (χ0v) is 10.3. The molecule has 0 aliphatic carbocycles. The van der Waals surface area contributed by atoms with Crippen LogP contribution < -0.4 is 0 Å². The summed E-state index contributed by atoms with van der Waals surface area (Å²) in [4.78, 5) is 0. The first-order valence-corrected chi connectivity index (χ1v) is 5.98. The zero-order valence-electron chi connectivity index (χ0n) is 9.53. The topological polar surface area (TPSA) is 30.7 Å². The summed E-state index contributed by atoms with van der Waals surface area (Å²) >= 11 is 5.62. The Bertz CT molecular complexity index is 510. The van der Waals surface area contributed by atoms with Crippen LogP contribution >= 0.6 is 11.6 Å². The van der Waals surface area contributed by atoms with Crippen LogP contribution in [0.25, 0.3) is 5.69 Å². The van der Waals surface area contributed by atoms with Gasteiger partial charge in [0.25, 0.3) is 0 Å². The summed E-state index contributed by atoms with van der Waals surface area (Å²) in [5.41, 5.74) is 2.57. The fourth-order valence-electron chi connectivity index (χ4n) is 1.65. The quantitative estimate of drug-likeness (QED) is 0.785. The molecular formula is C12H13ClFN3. The summed E-state index contributed by atoms with van der Waals surface area (Å²) in [5, 5.41) is 8.09. The number of hydrogen-bond donors (Lipinski definition) is 0. The molecule has 0 unspecified atom stereocenters. The molecule has 90 valence electrons. The molecular weight excluding hydrogens is 241 g/mol. The van der Waals surface area contributed by atoms with Crippen LogP contribution in [-0.2, 0) is 6.42 Å². The average molecular weight is 254 g/mol. The van der Waals surface area contributed by atoms with Gasteiger partial charge >= 0.3 is 0 Å². The Kier molecular flexibility index (Phi) is 3.74. The molecule has 3 nitrogen and oxygen atoms in total. The molecule has 0 saturated carbocycles. The van der Waals surface area contributed by atoms with Gasteiger partial charge in [-0.3, -0.25) is 0 Å². The Labute approximate surface area is 104 Å². The fourth-order valence-corrected chi connectivity index (χ4v) is 1.79. The summed E-state index contributed by atoms with van der Waals surface area (Å²) in [6.07, 6.45) is 3.54. The molecule has 0 amide bonds. The minimum absolute atomic E-state index is 0.242. The lowest BCUT2D eigenvalue weighted by molar-refractivity contribution is 0.625. The van der Waals surface area contributed by atoms with Crippen LogP contribution in [0.15, 0.2) is 24.4 Å². The van der Waals surface area contributed by atoms with Crippen molar-refractivity contribution in [3.05, 3.63) is 41.5 Å².